The van der Waals surface area contributed by atoms with Crippen molar-refractivity contribution < 1.29 is 9.53 Å². The smallest absolute Gasteiger partial charge is 0.228 e. The molecule has 1 aromatic heterocycles. The molecule has 0 unspecified atom stereocenters. The Labute approximate surface area is 138 Å². The first-order valence-corrected chi connectivity index (χ1v) is 9.11. The summed E-state index contributed by atoms with van der Waals surface area (Å²) in [6.07, 6.45) is 11.1. The van der Waals surface area contributed by atoms with Crippen molar-refractivity contribution in [2.75, 3.05) is 26.3 Å². The standard InChI is InChI=1S/C18H29N3O2/c1-2-23-13-9-18(7-3-4-8-18)17(22)21-12-5-6-15(14-21)16-19-10-11-20-16/h10-11,15H,2-9,12-14H2,1H3,(H,19,20)/t15-/m0/s1. The van der Waals surface area contributed by atoms with E-state index in [0.29, 0.717) is 18.4 Å². The Kier molecular flexibility index (Phi) is 5.36. The topological polar surface area (TPSA) is 58.2 Å². The Morgan fingerprint density at radius 2 is 2.26 bits per heavy atom. The maximum atomic E-state index is 13.3. The zero-order valence-electron chi connectivity index (χ0n) is 14.2. The van der Waals surface area contributed by atoms with E-state index in [-0.39, 0.29) is 5.41 Å². The third-order valence-corrected chi connectivity index (χ3v) is 5.56. The number of carbonyl (C=O) groups is 1. The maximum absolute atomic E-state index is 13.3. The van der Waals surface area contributed by atoms with E-state index in [1.54, 1.807) is 6.20 Å². The van der Waals surface area contributed by atoms with Gasteiger partial charge in [0.2, 0.25) is 5.91 Å². The van der Waals surface area contributed by atoms with Crippen molar-refractivity contribution in [3.8, 4) is 0 Å². The molecule has 1 N–H and O–H groups in total. The van der Waals surface area contributed by atoms with Gasteiger partial charge in [-0.25, -0.2) is 4.98 Å². The molecule has 2 fully saturated rings. The molecule has 128 valence electrons. The fourth-order valence-corrected chi connectivity index (χ4v) is 4.26. The molecule has 5 nitrogen and oxygen atoms in total. The number of aromatic nitrogens is 2. The van der Waals surface area contributed by atoms with Crippen LogP contribution in [0, 0.1) is 5.41 Å². The van der Waals surface area contributed by atoms with Gasteiger partial charge in [-0.1, -0.05) is 12.8 Å². The molecule has 0 spiro atoms. The number of aromatic amines is 1. The first kappa shape index (κ1) is 16.5. The molecule has 1 amide bonds. The van der Waals surface area contributed by atoms with Crippen LogP contribution in [0.15, 0.2) is 12.4 Å². The largest absolute Gasteiger partial charge is 0.382 e. The lowest BCUT2D eigenvalue weighted by molar-refractivity contribution is -0.144. The molecule has 1 aliphatic carbocycles. The van der Waals surface area contributed by atoms with Gasteiger partial charge in [-0.2, -0.15) is 0 Å². The van der Waals surface area contributed by atoms with E-state index < -0.39 is 0 Å². The Balaban J connectivity index is 1.67. The lowest BCUT2D eigenvalue weighted by Gasteiger charge is -2.38. The number of likely N-dealkylation sites (tertiary alicyclic amines) is 1. The summed E-state index contributed by atoms with van der Waals surface area (Å²) in [5.74, 6) is 1.75. The SMILES string of the molecule is CCOCCC1(C(=O)N2CCC[C@H](c3ncc[nH]3)C2)CCCC1. The monoisotopic (exact) mass is 319 g/mol. The van der Waals surface area contributed by atoms with Crippen molar-refractivity contribution in [3.05, 3.63) is 18.2 Å². The number of rotatable bonds is 6. The van der Waals surface area contributed by atoms with Crippen LogP contribution in [0.5, 0.6) is 0 Å². The number of imidazole rings is 1. The molecule has 3 rings (SSSR count). The van der Waals surface area contributed by atoms with Crippen LogP contribution in [0.4, 0.5) is 0 Å². The molecule has 1 aromatic rings. The molecule has 5 heteroatoms. The molecule has 2 aliphatic rings. The number of hydrogen-bond acceptors (Lipinski definition) is 3. The van der Waals surface area contributed by atoms with Crippen molar-refractivity contribution in [2.45, 2.75) is 57.8 Å². The van der Waals surface area contributed by atoms with Crippen molar-refractivity contribution in [1.29, 1.82) is 0 Å². The van der Waals surface area contributed by atoms with E-state index in [0.717, 1.165) is 57.6 Å². The number of ether oxygens (including phenoxy) is 1. The molecule has 1 atom stereocenters. The van der Waals surface area contributed by atoms with Gasteiger partial charge in [-0.05, 0) is 39.0 Å². The number of hydrogen-bond donors (Lipinski definition) is 1. The minimum Gasteiger partial charge on any atom is -0.382 e. The Morgan fingerprint density at radius 3 is 2.96 bits per heavy atom. The predicted octanol–water partition coefficient (Wildman–Crippen LogP) is 3.10. The van der Waals surface area contributed by atoms with E-state index in [1.165, 1.54) is 12.8 Å². The highest BCUT2D eigenvalue weighted by Crippen LogP contribution is 2.43. The highest BCUT2D eigenvalue weighted by Gasteiger charge is 2.44. The van der Waals surface area contributed by atoms with E-state index in [2.05, 4.69) is 14.9 Å². The zero-order valence-corrected chi connectivity index (χ0v) is 14.2. The number of nitrogens with zero attached hydrogens (tertiary/aromatic N) is 2. The second-order valence-electron chi connectivity index (χ2n) is 7.00. The number of carbonyl (C=O) groups excluding carboxylic acids is 1. The summed E-state index contributed by atoms with van der Waals surface area (Å²) in [7, 11) is 0. The summed E-state index contributed by atoms with van der Waals surface area (Å²) < 4.78 is 5.55. The van der Waals surface area contributed by atoms with Gasteiger partial charge < -0.3 is 14.6 Å². The van der Waals surface area contributed by atoms with Crippen molar-refractivity contribution >= 4 is 5.91 Å². The Hall–Kier alpha value is -1.36. The van der Waals surface area contributed by atoms with Gasteiger partial charge in [0.05, 0.1) is 5.41 Å². The normalized spacial score (nSPS) is 24.0. The summed E-state index contributed by atoms with van der Waals surface area (Å²) in [5, 5.41) is 0. The zero-order chi connectivity index (χ0) is 16.1. The van der Waals surface area contributed by atoms with Crippen LogP contribution in [0.2, 0.25) is 0 Å². The van der Waals surface area contributed by atoms with Gasteiger partial charge in [0.15, 0.2) is 0 Å². The summed E-state index contributed by atoms with van der Waals surface area (Å²) in [4.78, 5) is 23.0. The van der Waals surface area contributed by atoms with Gasteiger partial charge in [0, 0.05) is 44.6 Å². The van der Waals surface area contributed by atoms with Gasteiger partial charge >= 0.3 is 0 Å². The number of H-pyrrole nitrogens is 1. The molecule has 0 aromatic carbocycles. The average Bonchev–Trinajstić information content (AvgIpc) is 3.27. The quantitative estimate of drug-likeness (QED) is 0.820. The molecular formula is C18H29N3O2. The Bertz CT molecular complexity index is 494. The fraction of sp³-hybridized carbons (Fsp3) is 0.778. The number of piperidine rings is 1. The second kappa shape index (κ2) is 7.47. The predicted molar refractivity (Wildman–Crippen MR) is 89.2 cm³/mol. The molecule has 0 bridgehead atoms. The molecule has 1 aliphatic heterocycles. The van der Waals surface area contributed by atoms with E-state index in [9.17, 15) is 4.79 Å². The second-order valence-corrected chi connectivity index (χ2v) is 7.00. The molecule has 1 saturated carbocycles. The minimum atomic E-state index is -0.166. The minimum absolute atomic E-state index is 0.166. The number of amides is 1. The van der Waals surface area contributed by atoms with Crippen molar-refractivity contribution in [2.24, 2.45) is 5.41 Å². The van der Waals surface area contributed by atoms with Crippen LogP contribution in [0.25, 0.3) is 0 Å². The lowest BCUT2D eigenvalue weighted by Crippen LogP contribution is -2.47. The van der Waals surface area contributed by atoms with Crippen LogP contribution in [0.3, 0.4) is 0 Å². The van der Waals surface area contributed by atoms with E-state index in [1.807, 2.05) is 13.1 Å². The lowest BCUT2D eigenvalue weighted by atomic mass is 9.80. The maximum Gasteiger partial charge on any atom is 0.228 e. The number of nitrogens with one attached hydrogen (secondary N) is 1. The molecule has 23 heavy (non-hydrogen) atoms. The van der Waals surface area contributed by atoms with E-state index in [4.69, 9.17) is 4.74 Å². The van der Waals surface area contributed by atoms with Gasteiger partial charge in [-0.15, -0.1) is 0 Å². The van der Waals surface area contributed by atoms with Crippen LogP contribution < -0.4 is 0 Å². The summed E-state index contributed by atoms with van der Waals surface area (Å²) in [6, 6.07) is 0. The van der Waals surface area contributed by atoms with Crippen LogP contribution >= 0.6 is 0 Å². The third kappa shape index (κ3) is 3.60. The van der Waals surface area contributed by atoms with Crippen molar-refractivity contribution in [3.63, 3.8) is 0 Å². The highest BCUT2D eigenvalue weighted by molar-refractivity contribution is 5.83. The van der Waals surface area contributed by atoms with Gasteiger partial charge in [0.1, 0.15) is 5.82 Å². The fourth-order valence-electron chi connectivity index (χ4n) is 4.26. The Morgan fingerprint density at radius 1 is 1.43 bits per heavy atom. The molecular weight excluding hydrogens is 290 g/mol. The van der Waals surface area contributed by atoms with E-state index >= 15 is 0 Å². The van der Waals surface area contributed by atoms with Gasteiger partial charge in [-0.3, -0.25) is 4.79 Å². The summed E-state index contributed by atoms with van der Waals surface area (Å²) in [5.41, 5.74) is -0.166. The third-order valence-electron chi connectivity index (χ3n) is 5.56. The van der Waals surface area contributed by atoms with Crippen molar-refractivity contribution in [1.82, 2.24) is 14.9 Å². The first-order chi connectivity index (χ1) is 11.2. The summed E-state index contributed by atoms with van der Waals surface area (Å²) in [6.45, 7) is 5.16. The highest BCUT2D eigenvalue weighted by atomic mass is 16.5. The van der Waals surface area contributed by atoms with Crippen LogP contribution in [-0.4, -0.2) is 47.1 Å². The molecule has 2 heterocycles. The molecule has 1 saturated heterocycles. The molecule has 0 radical (unpaired) electrons. The average molecular weight is 319 g/mol. The van der Waals surface area contributed by atoms with Gasteiger partial charge in [0.25, 0.3) is 0 Å². The summed E-state index contributed by atoms with van der Waals surface area (Å²) >= 11 is 0. The van der Waals surface area contributed by atoms with Crippen LogP contribution in [-0.2, 0) is 9.53 Å². The van der Waals surface area contributed by atoms with Crippen LogP contribution in [0.1, 0.15) is 63.6 Å². The first-order valence-electron chi connectivity index (χ1n) is 9.11.